The van der Waals surface area contributed by atoms with E-state index in [9.17, 15) is 25.0 Å². The summed E-state index contributed by atoms with van der Waals surface area (Å²) < 4.78 is 18.6. The lowest BCUT2D eigenvalue weighted by molar-refractivity contribution is 0.0992. The van der Waals surface area contributed by atoms with E-state index in [0.29, 0.717) is 11.1 Å². The fourth-order valence-electron chi connectivity index (χ4n) is 4.22. The number of hydrogen-bond donors (Lipinski definition) is 1. The number of hydrogen-bond acceptors (Lipinski definition) is 6. The molecule has 0 spiro atoms. The summed E-state index contributed by atoms with van der Waals surface area (Å²) in [6, 6.07) is 11.4. The molecule has 2 aliphatic rings. The van der Waals surface area contributed by atoms with Crippen LogP contribution in [0.3, 0.4) is 0 Å². The predicted molar refractivity (Wildman–Crippen MR) is 99.8 cm³/mol. The van der Waals surface area contributed by atoms with Crippen LogP contribution in [0.4, 0.5) is 9.18 Å². The van der Waals surface area contributed by atoms with E-state index in [0.717, 1.165) is 0 Å². The van der Waals surface area contributed by atoms with Gasteiger partial charge in [0.2, 0.25) is 0 Å². The zero-order valence-electron chi connectivity index (χ0n) is 15.7. The molecule has 0 radical (unpaired) electrons. The highest BCUT2D eigenvalue weighted by atomic mass is 19.1. The van der Waals surface area contributed by atoms with Gasteiger partial charge in [0.05, 0.1) is 30.5 Å². The van der Waals surface area contributed by atoms with Crippen molar-refractivity contribution in [2.75, 3.05) is 19.7 Å². The van der Waals surface area contributed by atoms with Crippen LogP contribution in [0.1, 0.15) is 18.4 Å². The van der Waals surface area contributed by atoms with Crippen LogP contribution in [0, 0.1) is 62.5 Å². The highest BCUT2D eigenvalue weighted by molar-refractivity contribution is 6.00. The Hall–Kier alpha value is -3.70. The first-order valence-corrected chi connectivity index (χ1v) is 9.11. The summed E-state index contributed by atoms with van der Waals surface area (Å²) in [7, 11) is 0. The molecule has 0 bridgehead atoms. The molecule has 3 rings (SSSR count). The van der Waals surface area contributed by atoms with Gasteiger partial charge < -0.3 is 15.0 Å². The summed E-state index contributed by atoms with van der Waals surface area (Å²) in [5, 5.41) is 38.1. The van der Waals surface area contributed by atoms with Gasteiger partial charge in [-0.1, -0.05) is 18.2 Å². The van der Waals surface area contributed by atoms with E-state index in [-0.39, 0.29) is 25.4 Å². The van der Waals surface area contributed by atoms with Crippen LogP contribution in [0.2, 0.25) is 0 Å². The minimum absolute atomic E-state index is 0.128. The molecule has 0 aromatic heterocycles. The molecule has 8 heteroatoms. The minimum atomic E-state index is -1.90. The monoisotopic (exact) mass is 391 g/mol. The molecule has 1 fully saturated rings. The Kier molecular flexibility index (Phi) is 5.35. The highest BCUT2D eigenvalue weighted by Crippen LogP contribution is 2.53. The number of rotatable bonds is 2. The number of halogens is 1. The second kappa shape index (κ2) is 7.73. The number of ether oxygens (including phenoxy) is 1. The fraction of sp³-hybridized carbons (Fsp3) is 0.381. The number of nitrogens with zero attached hydrogens (tertiary/aromatic N) is 4. The lowest BCUT2D eigenvalue weighted by Crippen LogP contribution is -2.53. The van der Waals surface area contributed by atoms with Gasteiger partial charge in [-0.3, -0.25) is 0 Å². The van der Waals surface area contributed by atoms with Gasteiger partial charge in [-0.15, -0.1) is 0 Å². The van der Waals surface area contributed by atoms with E-state index in [1.165, 1.54) is 29.2 Å². The number of fused-ring (bicyclic) bond motifs is 1. The van der Waals surface area contributed by atoms with Gasteiger partial charge in [0.15, 0.2) is 5.41 Å². The SMILES string of the molecule is CCOC(=O)N1CC=C2C(C#N)C(=N)C(C#N)(C#N)[C@@H](c3ccc(F)cc3)[C@H]2C1. The lowest BCUT2D eigenvalue weighted by Gasteiger charge is -2.47. The van der Waals surface area contributed by atoms with Crippen LogP contribution in [-0.2, 0) is 4.74 Å². The zero-order chi connectivity index (χ0) is 21.2. The van der Waals surface area contributed by atoms with Gasteiger partial charge in [-0.05, 0) is 30.2 Å². The quantitative estimate of drug-likeness (QED) is 0.775. The number of nitrogens with one attached hydrogen (secondary N) is 1. The lowest BCUT2D eigenvalue weighted by atomic mass is 9.54. The topological polar surface area (TPSA) is 125 Å². The van der Waals surface area contributed by atoms with E-state index < -0.39 is 35.1 Å². The molecule has 7 nitrogen and oxygen atoms in total. The Labute approximate surface area is 167 Å². The average Bonchev–Trinajstić information content (AvgIpc) is 2.74. The molecule has 146 valence electrons. The van der Waals surface area contributed by atoms with Crippen LogP contribution in [0.5, 0.6) is 0 Å². The first kappa shape index (κ1) is 20.0. The number of benzene rings is 1. The van der Waals surface area contributed by atoms with Crippen molar-refractivity contribution in [2.24, 2.45) is 17.3 Å². The van der Waals surface area contributed by atoms with Crippen LogP contribution in [0.25, 0.3) is 0 Å². The molecule has 1 amide bonds. The fourth-order valence-corrected chi connectivity index (χ4v) is 4.22. The summed E-state index contributed by atoms with van der Waals surface area (Å²) in [4.78, 5) is 13.7. The average molecular weight is 391 g/mol. The van der Waals surface area contributed by atoms with Crippen molar-refractivity contribution in [3.05, 3.63) is 47.3 Å². The van der Waals surface area contributed by atoms with Crippen LogP contribution >= 0.6 is 0 Å². The third kappa shape index (κ3) is 3.11. The van der Waals surface area contributed by atoms with Crippen molar-refractivity contribution in [3.63, 3.8) is 0 Å². The van der Waals surface area contributed by atoms with Gasteiger partial charge in [-0.2, -0.15) is 15.8 Å². The number of amides is 1. The standard InChI is InChI=1S/C21H18FN5O2/c1-2-29-20(28)27-8-7-15-16(9-23)19(26)21(11-24,12-25)18(17(15)10-27)13-3-5-14(22)6-4-13/h3-7,16-18,26H,2,8,10H2,1H3/t16?,17-,18-/m0/s1. The van der Waals surface area contributed by atoms with Gasteiger partial charge in [-0.25, -0.2) is 9.18 Å². The van der Waals surface area contributed by atoms with Crippen molar-refractivity contribution in [1.29, 1.82) is 21.2 Å². The number of carbonyl (C=O) groups excluding carboxylic acids is 1. The predicted octanol–water partition coefficient (Wildman–Crippen LogP) is 3.13. The van der Waals surface area contributed by atoms with Crippen LogP contribution < -0.4 is 0 Å². The van der Waals surface area contributed by atoms with Crippen LogP contribution in [-0.4, -0.2) is 36.4 Å². The molecule has 1 aromatic carbocycles. The van der Waals surface area contributed by atoms with Gasteiger partial charge >= 0.3 is 6.09 Å². The van der Waals surface area contributed by atoms with Crippen molar-refractivity contribution >= 4 is 11.8 Å². The number of nitriles is 3. The number of carbonyl (C=O) groups is 1. The largest absolute Gasteiger partial charge is 0.450 e. The molecule has 1 heterocycles. The van der Waals surface area contributed by atoms with Crippen LogP contribution in [0.15, 0.2) is 35.9 Å². The molecule has 1 aromatic rings. The van der Waals surface area contributed by atoms with Gasteiger partial charge in [0.25, 0.3) is 0 Å². The molecule has 3 atom stereocenters. The van der Waals surface area contributed by atoms with E-state index in [1.807, 2.05) is 18.2 Å². The van der Waals surface area contributed by atoms with Gasteiger partial charge in [0.1, 0.15) is 11.7 Å². The zero-order valence-corrected chi connectivity index (χ0v) is 15.7. The molecule has 1 aliphatic carbocycles. The summed E-state index contributed by atoms with van der Waals surface area (Å²) in [5.74, 6) is -2.89. The first-order valence-electron chi connectivity index (χ1n) is 9.11. The van der Waals surface area contributed by atoms with E-state index in [4.69, 9.17) is 10.1 Å². The minimum Gasteiger partial charge on any atom is -0.450 e. The third-order valence-corrected chi connectivity index (χ3v) is 5.55. The summed E-state index contributed by atoms with van der Waals surface area (Å²) >= 11 is 0. The summed E-state index contributed by atoms with van der Waals surface area (Å²) in [5.41, 5.74) is -1.09. The highest BCUT2D eigenvalue weighted by Gasteiger charge is 2.58. The van der Waals surface area contributed by atoms with Crippen molar-refractivity contribution in [3.8, 4) is 18.2 Å². The molecule has 1 saturated carbocycles. The van der Waals surface area contributed by atoms with Gasteiger partial charge in [0, 0.05) is 24.9 Å². The molecular weight excluding hydrogens is 373 g/mol. The maximum Gasteiger partial charge on any atom is 0.410 e. The van der Waals surface area contributed by atoms with Crippen molar-refractivity contribution in [1.82, 2.24) is 4.90 Å². The van der Waals surface area contributed by atoms with E-state index >= 15 is 0 Å². The van der Waals surface area contributed by atoms with E-state index in [2.05, 4.69) is 0 Å². The third-order valence-electron chi connectivity index (χ3n) is 5.55. The normalized spacial score (nSPS) is 24.9. The Balaban J connectivity index is 2.18. The van der Waals surface area contributed by atoms with Crippen molar-refractivity contribution in [2.45, 2.75) is 12.8 Å². The maximum absolute atomic E-state index is 13.5. The Bertz CT molecular complexity index is 982. The van der Waals surface area contributed by atoms with E-state index in [1.54, 1.807) is 13.0 Å². The molecule has 1 aliphatic heterocycles. The second-order valence-corrected chi connectivity index (χ2v) is 6.95. The first-order chi connectivity index (χ1) is 13.9. The second-order valence-electron chi connectivity index (χ2n) is 6.95. The Morgan fingerprint density at radius 3 is 2.52 bits per heavy atom. The maximum atomic E-state index is 13.5. The molecule has 29 heavy (non-hydrogen) atoms. The smallest absolute Gasteiger partial charge is 0.410 e. The van der Waals surface area contributed by atoms with Crippen molar-refractivity contribution < 1.29 is 13.9 Å². The Morgan fingerprint density at radius 2 is 1.97 bits per heavy atom. The molecular formula is C21H18FN5O2. The summed E-state index contributed by atoms with van der Waals surface area (Å²) in [6.07, 6.45) is 1.16. The summed E-state index contributed by atoms with van der Waals surface area (Å²) in [6.45, 7) is 2.22. The molecule has 0 saturated heterocycles. The molecule has 1 unspecified atom stereocenters. The molecule has 1 N–H and O–H groups in total. The Morgan fingerprint density at radius 1 is 1.31 bits per heavy atom.